The lowest BCUT2D eigenvalue weighted by atomic mass is 10.1. The third-order valence-corrected chi connectivity index (χ3v) is 3.00. The molecule has 3 aromatic rings. The van der Waals surface area contributed by atoms with Crippen molar-refractivity contribution in [2.75, 3.05) is 0 Å². The van der Waals surface area contributed by atoms with Gasteiger partial charge in [-0.1, -0.05) is 26.0 Å². The van der Waals surface area contributed by atoms with Crippen molar-refractivity contribution >= 4 is 16.7 Å². The van der Waals surface area contributed by atoms with Gasteiger partial charge in [-0.05, 0) is 35.7 Å². The van der Waals surface area contributed by atoms with Gasteiger partial charge in [-0.2, -0.15) is 0 Å². The number of rotatable bonds is 1. The Bertz CT molecular complexity index is 650. The molecule has 2 nitrogen and oxygen atoms in total. The first kappa shape index (κ1) is 9.40. The Labute approximate surface area is 94.5 Å². The van der Waals surface area contributed by atoms with E-state index in [0.29, 0.717) is 5.92 Å². The van der Waals surface area contributed by atoms with Crippen molar-refractivity contribution in [1.29, 1.82) is 0 Å². The smallest absolute Gasteiger partial charge is 0.138 e. The molecule has 0 unspecified atom stereocenters. The van der Waals surface area contributed by atoms with Gasteiger partial charge < -0.3 is 0 Å². The van der Waals surface area contributed by atoms with Crippen molar-refractivity contribution in [3.05, 3.63) is 48.2 Å². The van der Waals surface area contributed by atoms with Gasteiger partial charge in [0.15, 0.2) is 0 Å². The molecular formula is C14H14N2. The van der Waals surface area contributed by atoms with E-state index < -0.39 is 0 Å². The Kier molecular flexibility index (Phi) is 1.96. The first-order valence-corrected chi connectivity index (χ1v) is 5.62. The zero-order chi connectivity index (χ0) is 11.1. The second-order valence-corrected chi connectivity index (χ2v) is 4.44. The van der Waals surface area contributed by atoms with Crippen molar-refractivity contribution in [2.24, 2.45) is 0 Å². The van der Waals surface area contributed by atoms with Gasteiger partial charge in [-0.3, -0.25) is 4.40 Å². The highest BCUT2D eigenvalue weighted by molar-refractivity contribution is 5.80. The Morgan fingerprint density at radius 2 is 1.94 bits per heavy atom. The molecule has 3 rings (SSSR count). The van der Waals surface area contributed by atoms with Crippen LogP contribution >= 0.6 is 0 Å². The average molecular weight is 210 g/mol. The maximum atomic E-state index is 4.62. The number of aromatic nitrogens is 2. The first-order valence-electron chi connectivity index (χ1n) is 5.62. The molecule has 0 atom stereocenters. The van der Waals surface area contributed by atoms with Crippen LogP contribution in [0.3, 0.4) is 0 Å². The van der Waals surface area contributed by atoms with Crippen LogP contribution in [0, 0.1) is 0 Å². The van der Waals surface area contributed by atoms with Gasteiger partial charge in [-0.25, -0.2) is 4.98 Å². The zero-order valence-corrected chi connectivity index (χ0v) is 9.51. The predicted octanol–water partition coefficient (Wildman–Crippen LogP) is 3.61. The molecule has 1 aromatic carbocycles. The van der Waals surface area contributed by atoms with Crippen LogP contribution in [0.5, 0.6) is 0 Å². The summed E-state index contributed by atoms with van der Waals surface area (Å²) in [5, 5.41) is 0. The van der Waals surface area contributed by atoms with Gasteiger partial charge in [0, 0.05) is 6.20 Å². The third kappa shape index (κ3) is 1.30. The van der Waals surface area contributed by atoms with Crippen molar-refractivity contribution < 1.29 is 0 Å². The molecule has 80 valence electrons. The number of nitrogens with zero attached hydrogens (tertiary/aromatic N) is 2. The van der Waals surface area contributed by atoms with Crippen LogP contribution in [0.2, 0.25) is 0 Å². The van der Waals surface area contributed by atoms with E-state index >= 15 is 0 Å². The molecule has 0 N–H and O–H groups in total. The topological polar surface area (TPSA) is 17.3 Å². The Morgan fingerprint density at radius 3 is 2.75 bits per heavy atom. The molecule has 2 heteroatoms. The van der Waals surface area contributed by atoms with Crippen LogP contribution in [0.25, 0.3) is 16.7 Å². The van der Waals surface area contributed by atoms with E-state index in [1.54, 1.807) is 0 Å². The van der Waals surface area contributed by atoms with E-state index in [0.717, 1.165) is 11.2 Å². The minimum absolute atomic E-state index is 0.546. The van der Waals surface area contributed by atoms with Gasteiger partial charge in [-0.15, -0.1) is 0 Å². The van der Waals surface area contributed by atoms with E-state index in [-0.39, 0.29) is 0 Å². The molecule has 2 aromatic heterocycles. The maximum Gasteiger partial charge on any atom is 0.138 e. The van der Waals surface area contributed by atoms with E-state index in [1.165, 1.54) is 11.1 Å². The van der Waals surface area contributed by atoms with Crippen LogP contribution in [0.15, 0.2) is 42.6 Å². The van der Waals surface area contributed by atoms with E-state index in [4.69, 9.17) is 0 Å². The minimum Gasteiger partial charge on any atom is -0.300 e. The summed E-state index contributed by atoms with van der Waals surface area (Å²) in [6.45, 7) is 4.41. The standard InChI is InChI=1S/C14H14N2/c1-10(2)11-7-8-16-13-6-4-3-5-12(13)15-14(16)9-11/h3-10H,1-2H3. The largest absolute Gasteiger partial charge is 0.300 e. The molecule has 0 aliphatic carbocycles. The fraction of sp³-hybridized carbons (Fsp3) is 0.214. The van der Waals surface area contributed by atoms with Gasteiger partial charge in [0.2, 0.25) is 0 Å². The highest BCUT2D eigenvalue weighted by Crippen LogP contribution is 2.20. The van der Waals surface area contributed by atoms with Crippen LogP contribution in [0.4, 0.5) is 0 Å². The van der Waals surface area contributed by atoms with Crippen LogP contribution in [0.1, 0.15) is 25.3 Å². The molecule has 0 fully saturated rings. The number of pyridine rings is 1. The van der Waals surface area contributed by atoms with Crippen molar-refractivity contribution in [1.82, 2.24) is 9.38 Å². The summed E-state index contributed by atoms with van der Waals surface area (Å²) in [5.74, 6) is 0.546. The number of fused-ring (bicyclic) bond motifs is 3. The second-order valence-electron chi connectivity index (χ2n) is 4.44. The average Bonchev–Trinajstić information content (AvgIpc) is 2.66. The monoisotopic (exact) mass is 210 g/mol. The lowest BCUT2D eigenvalue weighted by Gasteiger charge is -2.04. The quantitative estimate of drug-likeness (QED) is 0.599. The van der Waals surface area contributed by atoms with Gasteiger partial charge in [0.25, 0.3) is 0 Å². The summed E-state index contributed by atoms with van der Waals surface area (Å²) in [7, 11) is 0. The van der Waals surface area contributed by atoms with Gasteiger partial charge in [0.05, 0.1) is 11.0 Å². The summed E-state index contributed by atoms with van der Waals surface area (Å²) >= 11 is 0. The molecule has 0 radical (unpaired) electrons. The van der Waals surface area contributed by atoms with E-state index in [9.17, 15) is 0 Å². The summed E-state index contributed by atoms with van der Waals surface area (Å²) in [6.07, 6.45) is 2.11. The molecule has 0 aliphatic rings. The van der Waals surface area contributed by atoms with Crippen molar-refractivity contribution in [3.63, 3.8) is 0 Å². The zero-order valence-electron chi connectivity index (χ0n) is 9.51. The fourth-order valence-corrected chi connectivity index (χ4v) is 2.04. The van der Waals surface area contributed by atoms with E-state index in [1.807, 2.05) is 12.1 Å². The number of imidazole rings is 1. The van der Waals surface area contributed by atoms with E-state index in [2.05, 4.69) is 53.7 Å². The Morgan fingerprint density at radius 1 is 1.12 bits per heavy atom. The number of benzene rings is 1. The summed E-state index contributed by atoms with van der Waals surface area (Å²) in [6, 6.07) is 12.6. The molecule has 0 saturated heterocycles. The molecule has 0 aliphatic heterocycles. The fourth-order valence-electron chi connectivity index (χ4n) is 2.04. The lowest BCUT2D eigenvalue weighted by molar-refractivity contribution is 0.863. The van der Waals surface area contributed by atoms with Crippen molar-refractivity contribution in [3.8, 4) is 0 Å². The Balaban J connectivity index is 2.37. The third-order valence-electron chi connectivity index (χ3n) is 3.00. The first-order chi connectivity index (χ1) is 7.75. The molecule has 0 saturated carbocycles. The van der Waals surface area contributed by atoms with Crippen molar-refractivity contribution in [2.45, 2.75) is 19.8 Å². The highest BCUT2D eigenvalue weighted by Gasteiger charge is 2.05. The number of para-hydroxylation sites is 2. The second kappa shape index (κ2) is 3.34. The molecule has 0 amide bonds. The maximum absolute atomic E-state index is 4.62. The predicted molar refractivity (Wildman–Crippen MR) is 66.8 cm³/mol. The molecule has 0 spiro atoms. The summed E-state index contributed by atoms with van der Waals surface area (Å²) < 4.78 is 2.14. The van der Waals surface area contributed by atoms with Crippen LogP contribution in [-0.4, -0.2) is 9.38 Å². The molecule has 16 heavy (non-hydrogen) atoms. The normalized spacial score (nSPS) is 11.7. The van der Waals surface area contributed by atoms with Gasteiger partial charge >= 0.3 is 0 Å². The number of hydrogen-bond acceptors (Lipinski definition) is 1. The summed E-state index contributed by atoms with van der Waals surface area (Å²) in [4.78, 5) is 4.62. The number of hydrogen-bond donors (Lipinski definition) is 0. The van der Waals surface area contributed by atoms with Gasteiger partial charge in [0.1, 0.15) is 5.65 Å². The Hall–Kier alpha value is -1.83. The summed E-state index contributed by atoms with van der Waals surface area (Å²) in [5.41, 5.74) is 4.60. The molecule has 0 bridgehead atoms. The molecule has 2 heterocycles. The van der Waals surface area contributed by atoms with Crippen LogP contribution < -0.4 is 0 Å². The highest BCUT2D eigenvalue weighted by atomic mass is 15.0. The SMILES string of the molecule is CC(C)c1ccn2c(c1)nc1ccccc12. The molecular weight excluding hydrogens is 196 g/mol. The van der Waals surface area contributed by atoms with Crippen LogP contribution in [-0.2, 0) is 0 Å². The lowest BCUT2D eigenvalue weighted by Crippen LogP contribution is -1.90. The minimum atomic E-state index is 0.546.